The van der Waals surface area contributed by atoms with E-state index in [1.165, 1.54) is 6.42 Å². The zero-order valence-corrected chi connectivity index (χ0v) is 15.1. The zero-order chi connectivity index (χ0) is 17.6. The largest absolute Gasteiger partial charge is 0.357 e. The van der Waals surface area contributed by atoms with Crippen LogP contribution in [0.15, 0.2) is 0 Å². The Bertz CT molecular complexity index is 574. The molecule has 1 aliphatic rings. The quantitative estimate of drug-likeness (QED) is 0.777. The Morgan fingerprint density at radius 2 is 1.71 bits per heavy atom. The van der Waals surface area contributed by atoms with Gasteiger partial charge in [-0.25, -0.2) is 0 Å². The highest BCUT2D eigenvalue weighted by Crippen LogP contribution is 2.30. The lowest BCUT2D eigenvalue weighted by Gasteiger charge is -2.31. The third-order valence-corrected chi connectivity index (χ3v) is 4.34. The van der Waals surface area contributed by atoms with Crippen molar-refractivity contribution in [2.75, 3.05) is 56.8 Å². The summed E-state index contributed by atoms with van der Waals surface area (Å²) in [5.74, 6) is 1.57. The van der Waals surface area contributed by atoms with Crippen LogP contribution >= 0.6 is 0 Å². The van der Waals surface area contributed by atoms with Gasteiger partial charge in [-0.15, -0.1) is 0 Å². The van der Waals surface area contributed by atoms with E-state index in [0.717, 1.165) is 38.8 Å². The zero-order valence-electron chi connectivity index (χ0n) is 15.1. The number of likely N-dealkylation sites (N-methyl/N-ethyl adjacent to an activating group) is 2. The van der Waals surface area contributed by atoms with Gasteiger partial charge in [0.1, 0.15) is 5.54 Å². The summed E-state index contributed by atoms with van der Waals surface area (Å²) in [5, 5.41) is 15.9. The molecule has 2 rings (SSSR count). The van der Waals surface area contributed by atoms with Gasteiger partial charge < -0.3 is 20.4 Å². The molecule has 0 atom stereocenters. The van der Waals surface area contributed by atoms with Crippen molar-refractivity contribution in [3.8, 4) is 6.07 Å². The number of nitrogens with one attached hydrogen (secondary N) is 2. The lowest BCUT2D eigenvalue weighted by Crippen LogP contribution is -2.39. The van der Waals surface area contributed by atoms with Gasteiger partial charge in [-0.2, -0.15) is 20.2 Å². The van der Waals surface area contributed by atoms with Crippen LogP contribution in [0.1, 0.15) is 32.1 Å². The van der Waals surface area contributed by atoms with Gasteiger partial charge in [0.15, 0.2) is 0 Å². The van der Waals surface area contributed by atoms with Crippen molar-refractivity contribution in [2.45, 2.75) is 37.6 Å². The summed E-state index contributed by atoms with van der Waals surface area (Å²) in [6.07, 6.45) is 4.95. The molecule has 1 fully saturated rings. The Balaban J connectivity index is 2.20. The van der Waals surface area contributed by atoms with E-state index >= 15 is 0 Å². The first-order valence-corrected chi connectivity index (χ1v) is 8.47. The number of anilines is 3. The van der Waals surface area contributed by atoms with Crippen LogP contribution < -0.4 is 15.5 Å². The van der Waals surface area contributed by atoms with Crippen LogP contribution in [-0.4, -0.2) is 66.7 Å². The van der Waals surface area contributed by atoms with Crippen LogP contribution in [0.3, 0.4) is 0 Å². The van der Waals surface area contributed by atoms with Crippen molar-refractivity contribution in [3.05, 3.63) is 0 Å². The molecule has 132 valence electrons. The van der Waals surface area contributed by atoms with E-state index in [9.17, 15) is 5.26 Å². The van der Waals surface area contributed by atoms with Gasteiger partial charge in [0.25, 0.3) is 0 Å². The normalized spacial score (nSPS) is 16.5. The monoisotopic (exact) mass is 332 g/mol. The molecule has 0 aliphatic heterocycles. The van der Waals surface area contributed by atoms with E-state index in [1.807, 2.05) is 26.0 Å². The molecule has 2 N–H and O–H groups in total. The molecule has 0 spiro atoms. The van der Waals surface area contributed by atoms with E-state index < -0.39 is 5.54 Å². The van der Waals surface area contributed by atoms with Crippen LogP contribution in [-0.2, 0) is 0 Å². The smallest absolute Gasteiger partial charge is 0.231 e. The molecule has 0 radical (unpaired) electrons. The lowest BCUT2D eigenvalue weighted by atomic mass is 9.83. The molecule has 0 bridgehead atoms. The molecule has 0 saturated heterocycles. The molecule has 1 saturated carbocycles. The molecule has 8 nitrogen and oxygen atoms in total. The number of nitriles is 1. The lowest BCUT2D eigenvalue weighted by molar-refractivity contribution is 0.390. The minimum Gasteiger partial charge on any atom is -0.357 e. The van der Waals surface area contributed by atoms with Gasteiger partial charge in [0.2, 0.25) is 17.8 Å². The summed E-state index contributed by atoms with van der Waals surface area (Å²) in [6, 6.07) is 2.44. The summed E-state index contributed by atoms with van der Waals surface area (Å²) in [5.41, 5.74) is -0.565. The Kier molecular flexibility index (Phi) is 6.15. The summed E-state index contributed by atoms with van der Waals surface area (Å²) in [4.78, 5) is 17.4. The number of rotatable bonds is 7. The van der Waals surface area contributed by atoms with Gasteiger partial charge in [-0.05, 0) is 26.9 Å². The van der Waals surface area contributed by atoms with Crippen molar-refractivity contribution < 1.29 is 0 Å². The first-order chi connectivity index (χ1) is 11.5. The van der Waals surface area contributed by atoms with Gasteiger partial charge in [-0.3, -0.25) is 0 Å². The molecule has 24 heavy (non-hydrogen) atoms. The second-order valence-corrected chi connectivity index (χ2v) is 6.64. The van der Waals surface area contributed by atoms with E-state index in [2.05, 4.69) is 36.6 Å². The highest BCUT2D eigenvalue weighted by molar-refractivity contribution is 5.45. The van der Waals surface area contributed by atoms with E-state index in [4.69, 9.17) is 0 Å². The molecule has 0 aromatic carbocycles. The van der Waals surface area contributed by atoms with Gasteiger partial charge in [-0.1, -0.05) is 19.3 Å². The van der Waals surface area contributed by atoms with Crippen LogP contribution in [0.4, 0.5) is 17.8 Å². The maximum absolute atomic E-state index is 9.64. The first kappa shape index (κ1) is 18.2. The standard InChI is InChI=1S/C16H28N8/c1-18-13-19-14(22-16(12-17)8-6-5-7-9-16)21-15(20-13)24(4)11-10-23(2)3/h5-11H2,1-4H3,(H2,18,19,20,21,22). The minimum absolute atomic E-state index is 0.463. The summed E-state index contributed by atoms with van der Waals surface area (Å²) in [6.45, 7) is 1.71. The molecular formula is C16H28N8. The average molecular weight is 332 g/mol. The fourth-order valence-corrected chi connectivity index (χ4v) is 2.79. The van der Waals surface area contributed by atoms with Gasteiger partial charge in [0, 0.05) is 27.2 Å². The number of hydrogen-bond donors (Lipinski definition) is 2. The topological polar surface area (TPSA) is 93.0 Å². The van der Waals surface area contributed by atoms with E-state index in [0.29, 0.717) is 17.8 Å². The molecular weight excluding hydrogens is 304 g/mol. The second-order valence-electron chi connectivity index (χ2n) is 6.64. The molecule has 8 heteroatoms. The van der Waals surface area contributed by atoms with Gasteiger partial charge >= 0.3 is 0 Å². The molecule has 0 unspecified atom stereocenters. The maximum atomic E-state index is 9.64. The summed E-state index contributed by atoms with van der Waals surface area (Å²) >= 11 is 0. The Hall–Kier alpha value is -2.14. The molecule has 1 aliphatic carbocycles. The third-order valence-electron chi connectivity index (χ3n) is 4.34. The van der Waals surface area contributed by atoms with Crippen molar-refractivity contribution in [3.63, 3.8) is 0 Å². The number of aromatic nitrogens is 3. The van der Waals surface area contributed by atoms with Crippen LogP contribution in [0, 0.1) is 11.3 Å². The summed E-state index contributed by atoms with van der Waals surface area (Å²) in [7, 11) is 7.81. The van der Waals surface area contributed by atoms with Crippen LogP contribution in [0.2, 0.25) is 0 Å². The van der Waals surface area contributed by atoms with E-state index in [1.54, 1.807) is 7.05 Å². The number of nitrogens with zero attached hydrogens (tertiary/aromatic N) is 6. The molecule has 0 amide bonds. The Morgan fingerprint density at radius 1 is 1.04 bits per heavy atom. The van der Waals surface area contributed by atoms with Crippen molar-refractivity contribution in [1.82, 2.24) is 19.9 Å². The Labute approximate surface area is 144 Å². The van der Waals surface area contributed by atoms with Crippen LogP contribution in [0.25, 0.3) is 0 Å². The van der Waals surface area contributed by atoms with Crippen LogP contribution in [0.5, 0.6) is 0 Å². The predicted octanol–water partition coefficient (Wildman–Crippen LogP) is 1.55. The minimum atomic E-state index is -0.565. The highest BCUT2D eigenvalue weighted by Gasteiger charge is 2.33. The molecule has 1 heterocycles. The second kappa shape index (κ2) is 8.11. The fourth-order valence-electron chi connectivity index (χ4n) is 2.79. The highest BCUT2D eigenvalue weighted by atomic mass is 15.3. The molecule has 1 aromatic rings. The van der Waals surface area contributed by atoms with Gasteiger partial charge in [0.05, 0.1) is 6.07 Å². The Morgan fingerprint density at radius 3 is 2.29 bits per heavy atom. The maximum Gasteiger partial charge on any atom is 0.231 e. The average Bonchev–Trinajstić information content (AvgIpc) is 2.60. The fraction of sp³-hybridized carbons (Fsp3) is 0.750. The number of hydrogen-bond acceptors (Lipinski definition) is 8. The van der Waals surface area contributed by atoms with Crippen molar-refractivity contribution in [2.24, 2.45) is 0 Å². The summed E-state index contributed by atoms with van der Waals surface area (Å²) < 4.78 is 0. The predicted molar refractivity (Wildman–Crippen MR) is 96.2 cm³/mol. The SMILES string of the molecule is CNc1nc(NC2(C#N)CCCCC2)nc(N(C)CCN(C)C)n1. The van der Waals surface area contributed by atoms with E-state index in [-0.39, 0.29) is 0 Å². The van der Waals surface area contributed by atoms with Crippen molar-refractivity contribution in [1.29, 1.82) is 5.26 Å². The van der Waals surface area contributed by atoms with Crippen molar-refractivity contribution >= 4 is 17.8 Å². The molecule has 1 aromatic heterocycles. The first-order valence-electron chi connectivity index (χ1n) is 8.47. The third kappa shape index (κ3) is 4.68.